The predicted molar refractivity (Wildman–Crippen MR) is 118 cm³/mol. The van der Waals surface area contributed by atoms with Crippen molar-refractivity contribution in [1.29, 1.82) is 0 Å². The van der Waals surface area contributed by atoms with Crippen molar-refractivity contribution in [2.75, 3.05) is 19.4 Å². The molecule has 0 radical (unpaired) electrons. The summed E-state index contributed by atoms with van der Waals surface area (Å²) < 4.78 is 0. The summed E-state index contributed by atoms with van der Waals surface area (Å²) >= 11 is 1.48. The van der Waals surface area contributed by atoms with Gasteiger partial charge in [-0.2, -0.15) is 0 Å². The van der Waals surface area contributed by atoms with Crippen LogP contribution in [0.25, 0.3) is 10.9 Å². The first-order valence-corrected chi connectivity index (χ1v) is 10.5. The molecule has 2 aromatic carbocycles. The average molecular weight is 409 g/mol. The molecular weight excluding hydrogens is 384 g/mol. The second-order valence-electron chi connectivity index (χ2n) is 7.88. The van der Waals surface area contributed by atoms with Gasteiger partial charge in [0.1, 0.15) is 0 Å². The normalized spacial score (nSPS) is 16.2. The van der Waals surface area contributed by atoms with E-state index in [-0.39, 0.29) is 17.8 Å². The lowest BCUT2D eigenvalue weighted by Gasteiger charge is -2.32. The molecule has 1 aliphatic rings. The average Bonchev–Trinajstić information content (AvgIpc) is 3.10. The van der Waals surface area contributed by atoms with Gasteiger partial charge in [0.15, 0.2) is 5.78 Å². The number of fused-ring (bicyclic) bond motifs is 4. The third-order valence-corrected chi connectivity index (χ3v) is 6.65. The lowest BCUT2D eigenvalue weighted by molar-refractivity contribution is 0.103. The number of hydrogen-bond acceptors (Lipinski definition) is 5. The Kier molecular flexibility index (Phi) is 5.11. The van der Waals surface area contributed by atoms with Gasteiger partial charge in [0.25, 0.3) is 0 Å². The molecule has 0 aliphatic heterocycles. The third kappa shape index (κ3) is 3.31. The summed E-state index contributed by atoms with van der Waals surface area (Å²) in [6, 6.07) is 11.8. The largest absolute Gasteiger partial charge is 0.394 e. The zero-order valence-electron chi connectivity index (χ0n) is 16.7. The Hall–Kier alpha value is -2.41. The number of ketones is 1. The molecule has 3 N–H and O–H groups in total. The van der Waals surface area contributed by atoms with Crippen molar-refractivity contribution in [3.05, 3.63) is 64.3 Å². The molecule has 4 rings (SSSR count). The SMILES string of the molecule is C/N=C/c1ccc2c3c([nH]c2c1)C(C)(C)c1cc(SCC(O)CO)ccc1C3=O. The fourth-order valence-electron chi connectivity index (χ4n) is 3.99. The molecule has 0 bridgehead atoms. The standard InChI is InChI=1S/C23H24N2O3S/c1-23(2)18-9-15(29-12-14(27)11-26)5-7-16(18)21(28)20-17-6-4-13(10-24-3)8-19(17)25-22(20)23/h4-10,14,25-27H,11-12H2,1-3H3/b24-10+. The number of thioether (sulfide) groups is 1. The molecule has 6 heteroatoms. The van der Waals surface area contributed by atoms with Crippen molar-refractivity contribution in [2.24, 2.45) is 4.99 Å². The zero-order chi connectivity index (χ0) is 20.8. The van der Waals surface area contributed by atoms with Gasteiger partial charge in [-0.25, -0.2) is 0 Å². The number of carbonyl (C=O) groups is 1. The van der Waals surface area contributed by atoms with E-state index in [1.54, 1.807) is 13.3 Å². The van der Waals surface area contributed by atoms with E-state index in [2.05, 4.69) is 23.8 Å². The molecule has 1 aliphatic carbocycles. The van der Waals surface area contributed by atoms with Crippen LogP contribution in [0, 0.1) is 0 Å². The van der Waals surface area contributed by atoms with Gasteiger partial charge in [-0.15, -0.1) is 11.8 Å². The first kappa shape index (κ1) is 19.9. The number of H-pyrrole nitrogens is 1. The molecule has 1 heterocycles. The molecule has 3 aromatic rings. The van der Waals surface area contributed by atoms with E-state index in [4.69, 9.17) is 5.11 Å². The molecule has 1 aromatic heterocycles. The number of rotatable bonds is 5. The topological polar surface area (TPSA) is 85.7 Å². The fourth-order valence-corrected chi connectivity index (χ4v) is 4.85. The van der Waals surface area contributed by atoms with Crippen LogP contribution in [0.2, 0.25) is 0 Å². The van der Waals surface area contributed by atoms with Crippen LogP contribution in [0.5, 0.6) is 0 Å². The Labute approximate surface area is 173 Å². The highest BCUT2D eigenvalue weighted by Crippen LogP contribution is 2.44. The molecule has 0 saturated carbocycles. The van der Waals surface area contributed by atoms with Crippen LogP contribution in [-0.2, 0) is 5.41 Å². The number of aromatic amines is 1. The van der Waals surface area contributed by atoms with Crippen molar-refractivity contribution in [3.63, 3.8) is 0 Å². The first-order valence-electron chi connectivity index (χ1n) is 9.56. The van der Waals surface area contributed by atoms with Crippen molar-refractivity contribution in [2.45, 2.75) is 30.3 Å². The molecule has 0 amide bonds. The number of benzene rings is 2. The van der Waals surface area contributed by atoms with Crippen LogP contribution in [-0.4, -0.2) is 52.7 Å². The minimum Gasteiger partial charge on any atom is -0.394 e. The summed E-state index contributed by atoms with van der Waals surface area (Å²) in [5, 5.41) is 19.6. The van der Waals surface area contributed by atoms with Crippen LogP contribution in [0.3, 0.4) is 0 Å². The number of aromatic nitrogens is 1. The lowest BCUT2D eigenvalue weighted by Crippen LogP contribution is -2.30. The number of aliphatic imine (C=N–C) groups is 1. The van der Waals surface area contributed by atoms with Gasteiger partial charge < -0.3 is 15.2 Å². The molecule has 0 spiro atoms. The van der Waals surface area contributed by atoms with Crippen LogP contribution in [0.1, 0.15) is 46.6 Å². The predicted octanol–water partition coefficient (Wildman–Crippen LogP) is 3.53. The number of hydrogen-bond donors (Lipinski definition) is 3. The van der Waals surface area contributed by atoms with E-state index in [9.17, 15) is 9.90 Å². The molecule has 150 valence electrons. The lowest BCUT2D eigenvalue weighted by atomic mass is 9.71. The molecule has 0 fully saturated rings. The summed E-state index contributed by atoms with van der Waals surface area (Å²) in [6.45, 7) is 3.99. The van der Waals surface area contributed by atoms with E-state index < -0.39 is 6.10 Å². The number of nitrogens with zero attached hydrogens (tertiary/aromatic N) is 1. The van der Waals surface area contributed by atoms with Crippen LogP contribution in [0.15, 0.2) is 46.3 Å². The van der Waals surface area contributed by atoms with E-state index in [0.717, 1.165) is 43.7 Å². The quantitative estimate of drug-likeness (QED) is 0.445. The van der Waals surface area contributed by atoms with Crippen molar-refractivity contribution >= 4 is 34.7 Å². The Morgan fingerprint density at radius 3 is 2.76 bits per heavy atom. The molecule has 29 heavy (non-hydrogen) atoms. The van der Waals surface area contributed by atoms with Gasteiger partial charge in [-0.3, -0.25) is 9.79 Å². The Bertz CT molecular complexity index is 1130. The summed E-state index contributed by atoms with van der Waals surface area (Å²) in [4.78, 5) is 21.9. The van der Waals surface area contributed by atoms with Gasteiger partial charge in [0, 0.05) is 51.5 Å². The van der Waals surface area contributed by atoms with Crippen molar-refractivity contribution < 1.29 is 15.0 Å². The highest BCUT2D eigenvalue weighted by Gasteiger charge is 2.39. The highest BCUT2D eigenvalue weighted by atomic mass is 32.2. The Morgan fingerprint density at radius 2 is 2.03 bits per heavy atom. The maximum absolute atomic E-state index is 13.4. The highest BCUT2D eigenvalue weighted by molar-refractivity contribution is 7.99. The third-order valence-electron chi connectivity index (χ3n) is 5.52. The first-order chi connectivity index (χ1) is 13.9. The van der Waals surface area contributed by atoms with Gasteiger partial charge in [-0.1, -0.05) is 26.0 Å². The number of nitrogens with one attached hydrogen (secondary N) is 1. The van der Waals surface area contributed by atoms with E-state index in [1.165, 1.54) is 11.8 Å². The van der Waals surface area contributed by atoms with E-state index in [1.807, 2.05) is 36.4 Å². The maximum Gasteiger partial charge on any atom is 0.195 e. The van der Waals surface area contributed by atoms with E-state index >= 15 is 0 Å². The maximum atomic E-state index is 13.4. The van der Waals surface area contributed by atoms with Gasteiger partial charge in [-0.05, 0) is 35.4 Å². The second-order valence-corrected chi connectivity index (χ2v) is 8.97. The second kappa shape index (κ2) is 7.44. The Morgan fingerprint density at radius 1 is 1.24 bits per heavy atom. The van der Waals surface area contributed by atoms with Gasteiger partial charge >= 0.3 is 0 Å². The minimum absolute atomic E-state index is 0.0319. The number of aliphatic hydroxyl groups is 2. The minimum atomic E-state index is -0.758. The molecule has 5 nitrogen and oxygen atoms in total. The van der Waals surface area contributed by atoms with Gasteiger partial charge in [0.2, 0.25) is 0 Å². The van der Waals surface area contributed by atoms with Crippen molar-refractivity contribution in [1.82, 2.24) is 4.98 Å². The molecule has 1 atom stereocenters. The fraction of sp³-hybridized carbons (Fsp3) is 0.304. The summed E-state index contributed by atoms with van der Waals surface area (Å²) in [5.41, 5.74) is 4.91. The molecular formula is C23H24N2O3S. The zero-order valence-corrected chi connectivity index (χ0v) is 17.5. The van der Waals surface area contributed by atoms with Crippen LogP contribution >= 0.6 is 11.8 Å². The smallest absolute Gasteiger partial charge is 0.195 e. The van der Waals surface area contributed by atoms with Crippen molar-refractivity contribution in [3.8, 4) is 0 Å². The van der Waals surface area contributed by atoms with Gasteiger partial charge in [0.05, 0.1) is 18.3 Å². The molecule has 1 unspecified atom stereocenters. The van der Waals surface area contributed by atoms with Crippen LogP contribution in [0.4, 0.5) is 0 Å². The summed E-state index contributed by atoms with van der Waals surface area (Å²) in [6.07, 6.45) is 1.04. The number of carbonyl (C=O) groups excluding carboxylic acids is 1. The monoisotopic (exact) mass is 408 g/mol. The summed E-state index contributed by atoms with van der Waals surface area (Å²) in [7, 11) is 1.74. The van der Waals surface area contributed by atoms with Crippen LogP contribution < -0.4 is 0 Å². The summed E-state index contributed by atoms with van der Waals surface area (Å²) in [5.74, 6) is 0.438. The Balaban J connectivity index is 1.81. The van der Waals surface area contributed by atoms with E-state index in [0.29, 0.717) is 5.75 Å². The number of aliphatic hydroxyl groups excluding tert-OH is 2. The molecule has 0 saturated heterocycles.